The lowest BCUT2D eigenvalue weighted by Crippen LogP contribution is -2.37. The molecule has 0 saturated carbocycles. The molecule has 1 aromatic carbocycles. The number of hydrogen-bond donors (Lipinski definition) is 2. The second-order valence-corrected chi connectivity index (χ2v) is 7.51. The predicted octanol–water partition coefficient (Wildman–Crippen LogP) is 2.72. The number of hydrogen-bond acceptors (Lipinski definition) is 4. The Morgan fingerprint density at radius 1 is 1.12 bits per heavy atom. The second-order valence-electron chi connectivity index (χ2n) is 6.53. The van der Waals surface area contributed by atoms with Crippen LogP contribution in [0.4, 0.5) is 0 Å². The highest BCUT2D eigenvalue weighted by Crippen LogP contribution is 2.10. The molecule has 2 N–H and O–H groups in total. The highest BCUT2D eigenvalue weighted by atomic mass is 32.2. The van der Waals surface area contributed by atoms with Crippen molar-refractivity contribution in [1.82, 2.24) is 15.5 Å². The first-order valence-corrected chi connectivity index (χ1v) is 11.1. The summed E-state index contributed by atoms with van der Waals surface area (Å²) in [6.45, 7) is 9.44. The molecule has 5 nitrogen and oxygen atoms in total. The van der Waals surface area contributed by atoms with E-state index in [0.29, 0.717) is 6.54 Å². The molecule has 0 unspecified atom stereocenters. The van der Waals surface area contributed by atoms with Gasteiger partial charge >= 0.3 is 0 Å². The smallest absolute Gasteiger partial charge is 0.191 e. The minimum Gasteiger partial charge on any atom is -0.379 e. The van der Waals surface area contributed by atoms with E-state index in [1.165, 1.54) is 29.7 Å². The number of unbranched alkanes of at least 4 members (excludes halogenated alkanes) is 1. The van der Waals surface area contributed by atoms with Crippen LogP contribution in [0.25, 0.3) is 0 Å². The quantitative estimate of drug-likeness (QED) is 0.372. The summed E-state index contributed by atoms with van der Waals surface area (Å²) in [5.74, 6) is 2.14. The topological polar surface area (TPSA) is 48.9 Å². The maximum absolute atomic E-state index is 5.41. The third-order valence-electron chi connectivity index (χ3n) is 4.36. The third-order valence-corrected chi connectivity index (χ3v) is 5.06. The van der Waals surface area contributed by atoms with Crippen molar-refractivity contribution in [3.63, 3.8) is 0 Å². The lowest BCUT2D eigenvalue weighted by molar-refractivity contribution is 0.0342. The first-order chi connectivity index (χ1) is 12.8. The van der Waals surface area contributed by atoms with Crippen molar-refractivity contribution >= 4 is 17.7 Å². The zero-order valence-electron chi connectivity index (χ0n) is 16.3. The van der Waals surface area contributed by atoms with Crippen molar-refractivity contribution in [2.45, 2.75) is 32.9 Å². The Morgan fingerprint density at radius 2 is 1.85 bits per heavy atom. The van der Waals surface area contributed by atoms with E-state index in [2.05, 4.69) is 53.0 Å². The zero-order valence-corrected chi connectivity index (χ0v) is 17.1. The second kappa shape index (κ2) is 13.0. The van der Waals surface area contributed by atoms with E-state index < -0.39 is 0 Å². The van der Waals surface area contributed by atoms with Gasteiger partial charge in [0.1, 0.15) is 0 Å². The highest BCUT2D eigenvalue weighted by molar-refractivity contribution is 7.98. The normalized spacial score (nSPS) is 15.8. The van der Waals surface area contributed by atoms with Crippen LogP contribution < -0.4 is 10.6 Å². The van der Waals surface area contributed by atoms with E-state index in [1.54, 1.807) is 0 Å². The Bertz CT molecular complexity index is 515. The van der Waals surface area contributed by atoms with E-state index in [0.717, 1.165) is 51.9 Å². The van der Waals surface area contributed by atoms with Crippen LogP contribution in [0.5, 0.6) is 0 Å². The maximum Gasteiger partial charge on any atom is 0.191 e. The monoisotopic (exact) mass is 378 g/mol. The fourth-order valence-electron chi connectivity index (χ4n) is 2.86. The van der Waals surface area contributed by atoms with Gasteiger partial charge in [-0.3, -0.25) is 4.90 Å². The standard InChI is InChI=1S/C20H34N4OS/c1-3-21-20(22-10-4-5-15-26-2)23-16-18-6-8-19(9-7-18)17-24-11-13-25-14-12-24/h6-9H,3-5,10-17H2,1-2H3,(H2,21,22,23). The average Bonchev–Trinajstić information content (AvgIpc) is 2.68. The van der Waals surface area contributed by atoms with Gasteiger partial charge in [-0.25, -0.2) is 4.99 Å². The third kappa shape index (κ3) is 8.43. The largest absolute Gasteiger partial charge is 0.379 e. The van der Waals surface area contributed by atoms with Crippen molar-refractivity contribution in [1.29, 1.82) is 0 Å². The summed E-state index contributed by atoms with van der Waals surface area (Å²) in [4.78, 5) is 7.15. The molecule has 0 amide bonds. The van der Waals surface area contributed by atoms with Crippen LogP contribution in [-0.4, -0.2) is 62.3 Å². The molecule has 1 aliphatic heterocycles. The van der Waals surface area contributed by atoms with Gasteiger partial charge in [-0.05, 0) is 42.9 Å². The van der Waals surface area contributed by atoms with Gasteiger partial charge in [0.15, 0.2) is 5.96 Å². The minimum absolute atomic E-state index is 0.706. The Labute approximate surface area is 163 Å². The van der Waals surface area contributed by atoms with Gasteiger partial charge in [0.25, 0.3) is 0 Å². The summed E-state index contributed by atoms with van der Waals surface area (Å²) in [5.41, 5.74) is 2.61. The summed E-state index contributed by atoms with van der Waals surface area (Å²) in [6, 6.07) is 8.84. The predicted molar refractivity (Wildman–Crippen MR) is 113 cm³/mol. The average molecular weight is 379 g/mol. The van der Waals surface area contributed by atoms with Crippen LogP contribution in [-0.2, 0) is 17.8 Å². The van der Waals surface area contributed by atoms with Crippen molar-refractivity contribution in [3.8, 4) is 0 Å². The van der Waals surface area contributed by atoms with Crippen LogP contribution in [0.1, 0.15) is 30.9 Å². The molecule has 0 radical (unpaired) electrons. The number of thioether (sulfide) groups is 1. The molecule has 26 heavy (non-hydrogen) atoms. The Balaban J connectivity index is 1.78. The van der Waals surface area contributed by atoms with Gasteiger partial charge in [-0.1, -0.05) is 24.3 Å². The molecule has 1 aliphatic rings. The lowest BCUT2D eigenvalue weighted by atomic mass is 10.1. The molecule has 1 heterocycles. The molecule has 1 aromatic rings. The Hall–Kier alpha value is -1.24. The molecule has 0 atom stereocenters. The Morgan fingerprint density at radius 3 is 2.54 bits per heavy atom. The lowest BCUT2D eigenvalue weighted by Gasteiger charge is -2.26. The molecule has 0 aliphatic carbocycles. The van der Waals surface area contributed by atoms with Crippen LogP contribution in [0, 0.1) is 0 Å². The number of benzene rings is 1. The number of ether oxygens (including phenoxy) is 1. The van der Waals surface area contributed by atoms with Crippen molar-refractivity contribution in [2.75, 3.05) is 51.4 Å². The minimum atomic E-state index is 0.706. The van der Waals surface area contributed by atoms with E-state index >= 15 is 0 Å². The number of nitrogens with zero attached hydrogens (tertiary/aromatic N) is 2. The van der Waals surface area contributed by atoms with E-state index in [1.807, 2.05) is 11.8 Å². The van der Waals surface area contributed by atoms with Crippen LogP contribution in [0.3, 0.4) is 0 Å². The van der Waals surface area contributed by atoms with Crippen LogP contribution in [0.2, 0.25) is 0 Å². The summed E-state index contributed by atoms with van der Waals surface area (Å²) >= 11 is 1.91. The number of aliphatic imine (C=N–C) groups is 1. The van der Waals surface area contributed by atoms with Crippen molar-refractivity contribution < 1.29 is 4.74 Å². The summed E-state index contributed by atoms with van der Waals surface area (Å²) in [7, 11) is 0. The SMILES string of the molecule is CCNC(=NCc1ccc(CN2CCOCC2)cc1)NCCCCSC. The summed E-state index contributed by atoms with van der Waals surface area (Å²) in [5, 5.41) is 6.75. The molecule has 0 spiro atoms. The fourth-order valence-corrected chi connectivity index (χ4v) is 3.35. The first-order valence-electron chi connectivity index (χ1n) is 9.71. The van der Waals surface area contributed by atoms with Crippen molar-refractivity contribution in [3.05, 3.63) is 35.4 Å². The molecule has 0 aromatic heterocycles. The van der Waals surface area contributed by atoms with Gasteiger partial charge in [-0.2, -0.15) is 11.8 Å². The maximum atomic E-state index is 5.41. The van der Waals surface area contributed by atoms with E-state index in [4.69, 9.17) is 9.73 Å². The van der Waals surface area contributed by atoms with Gasteiger partial charge < -0.3 is 15.4 Å². The van der Waals surface area contributed by atoms with Crippen LogP contribution in [0.15, 0.2) is 29.3 Å². The summed E-state index contributed by atoms with van der Waals surface area (Å²) < 4.78 is 5.41. The summed E-state index contributed by atoms with van der Waals surface area (Å²) in [6.07, 6.45) is 4.59. The number of rotatable bonds is 10. The van der Waals surface area contributed by atoms with Crippen molar-refractivity contribution in [2.24, 2.45) is 4.99 Å². The number of nitrogens with one attached hydrogen (secondary N) is 2. The van der Waals surface area contributed by atoms with Crippen LogP contribution >= 0.6 is 11.8 Å². The molecular weight excluding hydrogens is 344 g/mol. The number of guanidine groups is 1. The fraction of sp³-hybridized carbons (Fsp3) is 0.650. The molecular formula is C20H34N4OS. The first kappa shape index (κ1) is 21.1. The molecule has 2 rings (SSSR count). The molecule has 146 valence electrons. The molecule has 1 fully saturated rings. The highest BCUT2D eigenvalue weighted by Gasteiger charge is 2.10. The van der Waals surface area contributed by atoms with E-state index in [-0.39, 0.29) is 0 Å². The zero-order chi connectivity index (χ0) is 18.5. The van der Waals surface area contributed by atoms with Gasteiger partial charge in [0, 0.05) is 32.7 Å². The molecule has 1 saturated heterocycles. The van der Waals surface area contributed by atoms with Gasteiger partial charge in [0.05, 0.1) is 19.8 Å². The van der Waals surface area contributed by atoms with E-state index in [9.17, 15) is 0 Å². The molecule has 0 bridgehead atoms. The van der Waals surface area contributed by atoms with Gasteiger partial charge in [0.2, 0.25) is 0 Å². The number of morpholine rings is 1. The Kier molecular flexibility index (Phi) is 10.5. The van der Waals surface area contributed by atoms with Gasteiger partial charge in [-0.15, -0.1) is 0 Å². The molecule has 6 heteroatoms.